The first-order chi connectivity index (χ1) is 41.4. The number of rotatable bonds is 25. The van der Waals surface area contributed by atoms with Gasteiger partial charge in [0.15, 0.2) is 28.1 Å². The van der Waals surface area contributed by atoms with Crippen molar-refractivity contribution in [1.29, 1.82) is 0 Å². The molecule has 2 aliphatic heterocycles. The smallest absolute Gasteiger partial charge is 0.336 e. The summed E-state index contributed by atoms with van der Waals surface area (Å²) in [7, 11) is -19.7. The minimum Gasteiger partial charge on any atom is -0.778 e. The van der Waals surface area contributed by atoms with Gasteiger partial charge in [0.05, 0.1) is 24.3 Å². The van der Waals surface area contributed by atoms with E-state index >= 15 is 0 Å². The summed E-state index contributed by atoms with van der Waals surface area (Å²) in [4.78, 5) is 77.0. The Labute approximate surface area is 503 Å². The molecule has 88 heavy (non-hydrogen) atoms. The number of ether oxygens (including phenoxy) is 2. The number of fused-ring (bicyclic) bond motifs is 2. The third-order valence-corrected chi connectivity index (χ3v) is 19.4. The van der Waals surface area contributed by atoms with Crippen LogP contribution < -0.4 is 47.2 Å². The second-order valence-corrected chi connectivity index (χ2v) is 26.7. The van der Waals surface area contributed by atoms with Gasteiger partial charge in [-0.3, -0.25) is 18.6 Å². The second kappa shape index (κ2) is 28.6. The fourth-order valence-electron chi connectivity index (χ4n) is 9.60. The van der Waals surface area contributed by atoms with E-state index in [-0.39, 0.29) is 57.0 Å². The lowest BCUT2D eigenvalue weighted by molar-refractivity contribution is -0.258. The zero-order valence-electron chi connectivity index (χ0n) is 47.9. The zero-order valence-corrected chi connectivity index (χ0v) is 51.3. The van der Waals surface area contributed by atoms with Crippen LogP contribution >= 0.6 is 15.2 Å². The van der Waals surface area contributed by atoms with E-state index in [0.717, 1.165) is 27.2 Å². The molecular formula is C54H64N9O21P2S2-3. The number of hydrogen-bond donors (Lipinski definition) is 6. The van der Waals surface area contributed by atoms with Crippen molar-refractivity contribution in [2.75, 3.05) is 38.7 Å². The number of aromatic carboxylic acids is 1. The Balaban J connectivity index is 0.00000149. The molecule has 8 N–H and O–H groups in total. The summed E-state index contributed by atoms with van der Waals surface area (Å²) in [5, 5.41) is 46.2. The molecule has 1 amide bonds. The fourth-order valence-corrected chi connectivity index (χ4v) is 13.6. The number of hydrogen-bond acceptors (Lipinski definition) is 23. The topological polar surface area (TPSA) is 460 Å². The van der Waals surface area contributed by atoms with Crippen molar-refractivity contribution >= 4 is 65.1 Å². The van der Waals surface area contributed by atoms with Crippen molar-refractivity contribution in [1.82, 2.24) is 34.3 Å². The second-order valence-electron chi connectivity index (χ2n) is 20.2. The first-order valence-corrected chi connectivity index (χ1v) is 33.4. The van der Waals surface area contributed by atoms with Gasteiger partial charge in [0, 0.05) is 65.9 Å². The molecule has 4 heterocycles. The summed E-state index contributed by atoms with van der Waals surface area (Å²) in [6.07, 6.45) is -0.765. The van der Waals surface area contributed by atoms with Crippen LogP contribution in [0.4, 0.5) is 5.69 Å². The molecule has 6 aromatic rings. The number of aliphatic hydroxyl groups excluding tert-OH is 2. The van der Waals surface area contributed by atoms with Crippen LogP contribution in [-0.4, -0.2) is 144 Å². The van der Waals surface area contributed by atoms with Gasteiger partial charge in [0.25, 0.3) is 5.91 Å². The minimum atomic E-state index is -5.35. The van der Waals surface area contributed by atoms with E-state index in [1.54, 1.807) is 35.1 Å². The molecule has 0 aliphatic carbocycles. The van der Waals surface area contributed by atoms with E-state index in [4.69, 9.17) is 19.2 Å². The molecular weight excluding hydrogens is 1240 g/mol. The number of nitrogens with one attached hydrogen (secondary N) is 1. The summed E-state index contributed by atoms with van der Waals surface area (Å²) in [6, 6.07) is 17.1. The van der Waals surface area contributed by atoms with Gasteiger partial charge in [0.2, 0.25) is 0 Å². The molecule has 8 rings (SSSR count). The van der Waals surface area contributed by atoms with Gasteiger partial charge >= 0.3 is 11.7 Å². The molecule has 1 fully saturated rings. The Morgan fingerprint density at radius 1 is 0.886 bits per heavy atom. The van der Waals surface area contributed by atoms with E-state index in [9.17, 15) is 74.6 Å². The van der Waals surface area contributed by atoms with Gasteiger partial charge in [-0.05, 0) is 73.1 Å². The third-order valence-electron chi connectivity index (χ3n) is 14.2. The highest BCUT2D eigenvalue weighted by atomic mass is 32.2. The van der Waals surface area contributed by atoms with Crippen LogP contribution in [0, 0.1) is 0 Å². The van der Waals surface area contributed by atoms with Gasteiger partial charge in [-0.15, -0.1) is 5.10 Å². The Kier molecular flexibility index (Phi) is 22.2. The number of aromatic nitrogens is 5. The zero-order chi connectivity index (χ0) is 64.6. The molecule has 2 aliphatic rings. The largest absolute Gasteiger partial charge is 0.778 e. The van der Waals surface area contributed by atoms with Gasteiger partial charge in [-0.1, -0.05) is 87.0 Å². The van der Waals surface area contributed by atoms with Gasteiger partial charge < -0.3 is 83.0 Å². The summed E-state index contributed by atoms with van der Waals surface area (Å²) in [5.41, 5.74) is 3.71. The maximum Gasteiger partial charge on any atom is 0.336 e. The van der Waals surface area contributed by atoms with Gasteiger partial charge in [-0.2, -0.15) is 0 Å². The van der Waals surface area contributed by atoms with Crippen molar-refractivity contribution in [3.8, 4) is 22.8 Å². The van der Waals surface area contributed by atoms with Crippen molar-refractivity contribution in [2.24, 2.45) is 12.2 Å². The molecule has 476 valence electrons. The molecule has 3 unspecified atom stereocenters. The summed E-state index contributed by atoms with van der Waals surface area (Å²) in [5.74, 6) is -5.18. The van der Waals surface area contributed by atoms with Crippen molar-refractivity contribution in [3.05, 3.63) is 139 Å². The summed E-state index contributed by atoms with van der Waals surface area (Å²) in [6.45, 7) is 13.5. The summed E-state index contributed by atoms with van der Waals surface area (Å²) < 4.78 is 117. The third kappa shape index (κ3) is 16.6. The molecule has 2 aromatic heterocycles. The van der Waals surface area contributed by atoms with Gasteiger partial charge in [0.1, 0.15) is 76.6 Å². The number of aliphatic hydroxyl groups is 2. The molecule has 30 nitrogen and oxygen atoms in total. The molecule has 0 bridgehead atoms. The Bertz CT molecular complexity index is 4170. The molecule has 0 spiro atoms. The van der Waals surface area contributed by atoms with Crippen molar-refractivity contribution < 1.29 is 99.2 Å². The van der Waals surface area contributed by atoms with Crippen LogP contribution in [0.2, 0.25) is 0 Å². The van der Waals surface area contributed by atoms with E-state index < -0.39 is 117 Å². The molecule has 34 heteroatoms. The Morgan fingerprint density at radius 2 is 1.55 bits per heavy atom. The summed E-state index contributed by atoms with van der Waals surface area (Å²) >= 11 is 0. The van der Waals surface area contributed by atoms with Crippen molar-refractivity contribution in [2.45, 2.75) is 93.9 Å². The number of quaternary nitrogens is 1. The Hall–Kier alpha value is -7.10. The van der Waals surface area contributed by atoms with E-state index in [2.05, 4.69) is 63.3 Å². The van der Waals surface area contributed by atoms with Crippen LogP contribution in [-0.2, 0) is 63.7 Å². The predicted octanol–water partition coefficient (Wildman–Crippen LogP) is -0.348. The van der Waals surface area contributed by atoms with E-state index in [0.29, 0.717) is 37.1 Å². The minimum absolute atomic E-state index is 0.00727. The molecule has 0 radical (unpaired) electrons. The average molecular weight is 1300 g/mol. The number of carboxylic acid groups (broad SMARTS) is 1. The van der Waals surface area contributed by atoms with Crippen molar-refractivity contribution in [3.63, 3.8) is 0 Å². The number of carbonyl (C=O) groups is 2. The molecule has 0 saturated carbocycles. The highest BCUT2D eigenvalue weighted by Crippen LogP contribution is 2.51. The van der Waals surface area contributed by atoms with Gasteiger partial charge in [-0.25, -0.2) is 26.4 Å². The lowest BCUT2D eigenvalue weighted by Crippen LogP contribution is -2.42. The number of aryl methyl sites for hydroxylation is 1. The molecule has 4 aromatic carbocycles. The number of benzene rings is 4. The SMILES string of the molecule is C=c1ccc2c(c1S(=O)(=O)[O-])Oc1c(ccc([NH3+])c1S(=O)(=O)[O-])C=2c1ccc(C(=O)NCCCCCCn2cc(-c3ccc(CO/N=c4/ccn([C@@H]5O[C@H](COP(=O)([O-])CP(=O)([O-])O)C(O)[C@@H]5O)c(=O)n4C)cc3)nn2)cc1C(=O)O.CCN(CC)CC. The monoisotopic (exact) mass is 1300 g/mol. The number of unbranched alkanes of at least 4 members (excludes halogenated alkanes) is 3. The first-order valence-electron chi connectivity index (χ1n) is 27.1. The quantitative estimate of drug-likeness (QED) is 0.0184. The fraction of sp³-hybridized carbons (Fsp3) is 0.370. The average Bonchev–Trinajstić information content (AvgIpc) is 0.891. The normalized spacial score (nSPS) is 18.1. The van der Waals surface area contributed by atoms with E-state index in [1.807, 2.05) is 0 Å². The maximum absolute atomic E-state index is 13.3. The lowest BCUT2D eigenvalue weighted by atomic mass is 9.88. The van der Waals surface area contributed by atoms with Crippen LogP contribution in [0.25, 0.3) is 23.4 Å². The molecule has 1 saturated heterocycles. The Morgan fingerprint density at radius 3 is 2.17 bits per heavy atom. The highest BCUT2D eigenvalue weighted by molar-refractivity contribution is 7.86. The first kappa shape index (κ1) is 68.4. The van der Waals surface area contributed by atoms with Crippen LogP contribution in [0.5, 0.6) is 11.5 Å². The van der Waals surface area contributed by atoms with Crippen LogP contribution in [0.3, 0.4) is 0 Å². The van der Waals surface area contributed by atoms with E-state index in [1.165, 1.54) is 75.3 Å². The number of carboxylic acids is 1. The number of carbonyl (C=O) groups excluding carboxylic acids is 1. The maximum atomic E-state index is 13.3. The highest BCUT2D eigenvalue weighted by Gasteiger charge is 2.45. The standard InChI is InChI=1S/C48H52N8O21P2S2.C6H15N/c1-26-7-13-31-38(32-15-16-34(49)44(81(71,72)73)42(32)77-41(31)43(26)80(68,69)70)30-14-12-29(21-33(30)47(60)61)45(59)50-18-5-3-4-6-19-55-22-35(51-53-55)28-10-8-27(9-11-28)23-74-52-37-17-20-56(48(62)54(37)2)46-40(58)39(57)36(76-46)24-75-79(66,67)25-78(63,64)65;1-4-7(5-2)6-3/h7-17,20-22,36,39-40,46,57-58H,1,3-6,18-19,23-25,49H2,2H3,(H,50,59)(H,60,61)(H,66,67)(H2,63,64,65)(H,68,69,70)(H,71,72,73);4-6H2,1-3H3/p-3/b52-37-;/t36-,39?,40+,46-;/m1./s1. The number of amides is 1. The lowest BCUT2D eigenvalue weighted by Gasteiger charge is -2.29. The van der Waals surface area contributed by atoms with Crippen LogP contribution in [0.15, 0.2) is 105 Å². The predicted molar refractivity (Wildman–Crippen MR) is 305 cm³/mol. The number of nitrogens with zero attached hydrogens (tertiary/aromatic N) is 7. The molecule has 6 atom stereocenters. The van der Waals surface area contributed by atoms with Crippen LogP contribution in [0.1, 0.15) is 90.1 Å².